The number of H-pyrrole nitrogens is 1. The van der Waals surface area contributed by atoms with Crippen molar-refractivity contribution in [1.82, 2.24) is 20.0 Å². The third kappa shape index (κ3) is 4.72. The number of carbonyl (C=O) groups excluding carboxylic acids is 1. The van der Waals surface area contributed by atoms with E-state index in [0.717, 1.165) is 25.3 Å². The second-order valence-corrected chi connectivity index (χ2v) is 7.20. The Morgan fingerprint density at radius 1 is 1.28 bits per heavy atom. The van der Waals surface area contributed by atoms with Crippen molar-refractivity contribution in [3.05, 3.63) is 30.2 Å². The molecule has 136 valence electrons. The Balaban J connectivity index is 1.70. The van der Waals surface area contributed by atoms with Crippen molar-refractivity contribution in [2.24, 2.45) is 5.92 Å². The van der Waals surface area contributed by atoms with Crippen LogP contribution >= 0.6 is 0 Å². The van der Waals surface area contributed by atoms with Crippen molar-refractivity contribution < 1.29 is 9.21 Å². The fraction of sp³-hybridized carbons (Fsp3) is 0.579. The molecular weight excluding hydrogens is 316 g/mol. The highest BCUT2D eigenvalue weighted by Gasteiger charge is 2.24. The van der Waals surface area contributed by atoms with Crippen molar-refractivity contribution in [3.63, 3.8) is 0 Å². The van der Waals surface area contributed by atoms with E-state index in [1.807, 2.05) is 31.1 Å². The van der Waals surface area contributed by atoms with Gasteiger partial charge in [0.2, 0.25) is 0 Å². The van der Waals surface area contributed by atoms with Gasteiger partial charge in [-0.2, -0.15) is 5.10 Å². The SMILES string of the molecule is CN(C)CCN(CC1CCCCC1)C(=O)c1cc(-c2ccco2)[nH]n1. The van der Waals surface area contributed by atoms with Gasteiger partial charge in [-0.15, -0.1) is 0 Å². The molecule has 0 saturated heterocycles. The summed E-state index contributed by atoms with van der Waals surface area (Å²) in [5.74, 6) is 1.31. The maximum Gasteiger partial charge on any atom is 0.274 e. The first-order chi connectivity index (χ1) is 12.1. The smallest absolute Gasteiger partial charge is 0.274 e. The normalized spacial score (nSPS) is 15.6. The minimum Gasteiger partial charge on any atom is -0.463 e. The maximum absolute atomic E-state index is 13.0. The zero-order chi connectivity index (χ0) is 17.6. The number of carbonyl (C=O) groups is 1. The quantitative estimate of drug-likeness (QED) is 0.837. The van der Waals surface area contributed by atoms with Crippen LogP contribution in [0.25, 0.3) is 11.5 Å². The molecule has 1 fully saturated rings. The van der Waals surface area contributed by atoms with Crippen molar-refractivity contribution in [1.29, 1.82) is 0 Å². The van der Waals surface area contributed by atoms with E-state index < -0.39 is 0 Å². The maximum atomic E-state index is 13.0. The lowest BCUT2D eigenvalue weighted by Gasteiger charge is -2.30. The Bertz CT molecular complexity index is 657. The van der Waals surface area contributed by atoms with Gasteiger partial charge in [-0.1, -0.05) is 19.3 Å². The van der Waals surface area contributed by atoms with Crippen molar-refractivity contribution in [3.8, 4) is 11.5 Å². The van der Waals surface area contributed by atoms with Crippen LogP contribution in [0.3, 0.4) is 0 Å². The third-order valence-corrected chi connectivity index (χ3v) is 4.89. The first-order valence-corrected chi connectivity index (χ1v) is 9.17. The fourth-order valence-corrected chi connectivity index (χ4v) is 3.43. The van der Waals surface area contributed by atoms with Gasteiger partial charge >= 0.3 is 0 Å². The number of aromatic nitrogens is 2. The molecule has 0 radical (unpaired) electrons. The molecule has 0 atom stereocenters. The van der Waals surface area contributed by atoms with Gasteiger partial charge in [0.25, 0.3) is 5.91 Å². The van der Waals surface area contributed by atoms with Crippen LogP contribution in [-0.2, 0) is 0 Å². The number of nitrogens with zero attached hydrogens (tertiary/aromatic N) is 3. The molecule has 6 heteroatoms. The van der Waals surface area contributed by atoms with Crippen LogP contribution in [0.1, 0.15) is 42.6 Å². The molecule has 0 aliphatic heterocycles. The van der Waals surface area contributed by atoms with Gasteiger partial charge in [0, 0.05) is 25.7 Å². The summed E-state index contributed by atoms with van der Waals surface area (Å²) in [4.78, 5) is 17.1. The molecule has 1 aliphatic rings. The van der Waals surface area contributed by atoms with Crippen LogP contribution in [0.4, 0.5) is 0 Å². The van der Waals surface area contributed by atoms with Crippen LogP contribution < -0.4 is 0 Å². The Kier molecular flexibility index (Phi) is 5.91. The van der Waals surface area contributed by atoms with Gasteiger partial charge in [-0.05, 0) is 45.0 Å². The van der Waals surface area contributed by atoms with E-state index in [1.165, 1.54) is 32.1 Å². The fourth-order valence-electron chi connectivity index (χ4n) is 3.43. The Morgan fingerprint density at radius 3 is 2.76 bits per heavy atom. The van der Waals surface area contributed by atoms with E-state index in [1.54, 1.807) is 12.3 Å². The first kappa shape index (κ1) is 17.7. The lowest BCUT2D eigenvalue weighted by molar-refractivity contribution is 0.0695. The van der Waals surface area contributed by atoms with Gasteiger partial charge in [0.05, 0.1) is 6.26 Å². The van der Waals surface area contributed by atoms with Gasteiger partial charge in [0.15, 0.2) is 11.5 Å². The highest BCUT2D eigenvalue weighted by atomic mass is 16.3. The van der Waals surface area contributed by atoms with Gasteiger partial charge in [-0.25, -0.2) is 0 Å². The third-order valence-electron chi connectivity index (χ3n) is 4.89. The highest BCUT2D eigenvalue weighted by Crippen LogP contribution is 2.25. The summed E-state index contributed by atoms with van der Waals surface area (Å²) in [6.07, 6.45) is 7.96. The summed E-state index contributed by atoms with van der Waals surface area (Å²) in [5, 5.41) is 7.13. The topological polar surface area (TPSA) is 65.4 Å². The number of hydrogen-bond donors (Lipinski definition) is 1. The van der Waals surface area contributed by atoms with E-state index >= 15 is 0 Å². The van der Waals surface area contributed by atoms with Crippen LogP contribution in [0.15, 0.2) is 28.9 Å². The zero-order valence-electron chi connectivity index (χ0n) is 15.2. The second-order valence-electron chi connectivity index (χ2n) is 7.20. The molecule has 1 aliphatic carbocycles. The number of hydrogen-bond acceptors (Lipinski definition) is 4. The van der Waals surface area contributed by atoms with E-state index in [-0.39, 0.29) is 5.91 Å². The summed E-state index contributed by atoms with van der Waals surface area (Å²) in [5.41, 5.74) is 1.19. The predicted molar refractivity (Wildman–Crippen MR) is 97.3 cm³/mol. The first-order valence-electron chi connectivity index (χ1n) is 9.17. The Hall–Kier alpha value is -2.08. The van der Waals surface area contributed by atoms with Gasteiger partial charge in [0.1, 0.15) is 5.69 Å². The number of rotatable bonds is 7. The number of nitrogens with one attached hydrogen (secondary N) is 1. The minimum atomic E-state index is 0.00137. The molecule has 0 spiro atoms. The average Bonchev–Trinajstić information content (AvgIpc) is 3.29. The molecule has 2 heterocycles. The molecule has 0 bridgehead atoms. The standard InChI is InChI=1S/C19H28N4O2/c1-22(2)10-11-23(14-15-7-4-3-5-8-15)19(24)17-13-16(20-21-17)18-9-6-12-25-18/h6,9,12-13,15H,3-5,7-8,10-11,14H2,1-2H3,(H,20,21). The molecule has 2 aromatic heterocycles. The van der Waals surface area contributed by atoms with Gasteiger partial charge < -0.3 is 14.2 Å². The monoisotopic (exact) mass is 344 g/mol. The molecule has 0 aromatic carbocycles. The Morgan fingerprint density at radius 2 is 2.08 bits per heavy atom. The molecule has 25 heavy (non-hydrogen) atoms. The molecule has 1 N–H and O–H groups in total. The second kappa shape index (κ2) is 8.34. The molecular formula is C19H28N4O2. The van der Waals surface area contributed by atoms with Crippen LogP contribution in [0.5, 0.6) is 0 Å². The summed E-state index contributed by atoms with van der Waals surface area (Å²) in [6, 6.07) is 5.46. The average molecular weight is 344 g/mol. The van der Waals surface area contributed by atoms with Crippen molar-refractivity contribution in [2.45, 2.75) is 32.1 Å². The molecule has 1 saturated carbocycles. The van der Waals surface area contributed by atoms with Crippen molar-refractivity contribution in [2.75, 3.05) is 33.7 Å². The van der Waals surface area contributed by atoms with E-state index in [9.17, 15) is 4.79 Å². The van der Waals surface area contributed by atoms with Crippen LogP contribution in [0, 0.1) is 5.92 Å². The summed E-state index contributed by atoms with van der Waals surface area (Å²) >= 11 is 0. The number of furan rings is 1. The molecule has 2 aromatic rings. The number of likely N-dealkylation sites (N-methyl/N-ethyl adjacent to an activating group) is 1. The number of amides is 1. The summed E-state index contributed by atoms with van der Waals surface area (Å²) in [6.45, 7) is 2.41. The highest BCUT2D eigenvalue weighted by molar-refractivity contribution is 5.93. The van der Waals surface area contributed by atoms with Gasteiger partial charge in [-0.3, -0.25) is 9.89 Å². The van der Waals surface area contributed by atoms with Crippen molar-refractivity contribution >= 4 is 5.91 Å². The summed E-state index contributed by atoms with van der Waals surface area (Å²) in [7, 11) is 4.07. The van der Waals surface area contributed by atoms with Crippen LogP contribution in [-0.4, -0.2) is 59.6 Å². The van der Waals surface area contributed by atoms with E-state index in [4.69, 9.17) is 4.42 Å². The predicted octanol–water partition coefficient (Wildman–Crippen LogP) is 3.25. The molecule has 1 amide bonds. The summed E-state index contributed by atoms with van der Waals surface area (Å²) < 4.78 is 5.37. The zero-order valence-corrected chi connectivity index (χ0v) is 15.2. The minimum absolute atomic E-state index is 0.00137. The van der Waals surface area contributed by atoms with E-state index in [2.05, 4.69) is 15.1 Å². The Labute approximate surface area is 149 Å². The largest absolute Gasteiger partial charge is 0.463 e. The lowest BCUT2D eigenvalue weighted by atomic mass is 9.89. The van der Waals surface area contributed by atoms with Crippen LogP contribution in [0.2, 0.25) is 0 Å². The van der Waals surface area contributed by atoms with E-state index in [0.29, 0.717) is 17.4 Å². The molecule has 3 rings (SSSR count). The molecule has 0 unspecified atom stereocenters. The lowest BCUT2D eigenvalue weighted by Crippen LogP contribution is -2.40. The molecule has 6 nitrogen and oxygen atoms in total. The number of aromatic amines is 1.